The molecule has 5 aromatic rings. The smallest absolute Gasteiger partial charge is 0.277 e. The van der Waals surface area contributed by atoms with Crippen molar-refractivity contribution in [2.45, 2.75) is 0 Å². The van der Waals surface area contributed by atoms with Gasteiger partial charge in [-0.15, -0.1) is 0 Å². The van der Waals surface area contributed by atoms with Gasteiger partial charge in [-0.25, -0.2) is 0 Å². The molecular weight excluding hydrogens is 444 g/mol. The normalized spacial score (nSPS) is 12.2. The van der Waals surface area contributed by atoms with Crippen molar-refractivity contribution in [1.82, 2.24) is 4.57 Å². The molecule has 4 nitrogen and oxygen atoms in total. The molecule has 0 saturated carbocycles. The topological polar surface area (TPSA) is 48.1 Å². The lowest BCUT2D eigenvalue weighted by Crippen LogP contribution is -1.98. The Morgan fingerprint density at radius 1 is 0.750 bits per heavy atom. The third-order valence-corrected chi connectivity index (χ3v) is 6.39. The lowest BCUT2D eigenvalue weighted by atomic mass is 9.95. The summed E-state index contributed by atoms with van der Waals surface area (Å²) in [5, 5.41) is 12.8. The van der Waals surface area contributed by atoms with E-state index in [1.165, 1.54) is 0 Å². The molecule has 0 atom stereocenters. The number of aromatic nitrogens is 1. The zero-order valence-electron chi connectivity index (χ0n) is 19.3. The van der Waals surface area contributed by atoms with Gasteiger partial charge in [0.1, 0.15) is 0 Å². The fourth-order valence-corrected chi connectivity index (χ4v) is 4.85. The largest absolute Gasteiger partial charge is 0.309 e. The third kappa shape index (κ3) is 3.60. The van der Waals surface area contributed by atoms with E-state index in [9.17, 15) is 10.1 Å². The molecule has 0 spiro atoms. The first-order valence-electron chi connectivity index (χ1n) is 11.6. The van der Waals surface area contributed by atoms with Crippen LogP contribution in [0.1, 0.15) is 5.56 Å². The van der Waals surface area contributed by atoms with Crippen LogP contribution in [0.4, 0.5) is 5.69 Å². The molecule has 1 aliphatic rings. The van der Waals surface area contributed by atoms with Crippen LogP contribution in [0.25, 0.3) is 44.5 Å². The van der Waals surface area contributed by atoms with Crippen molar-refractivity contribution in [3.05, 3.63) is 148 Å². The molecule has 1 aromatic heterocycles. The predicted octanol–water partition coefficient (Wildman–Crippen LogP) is 8.14. The first-order valence-corrected chi connectivity index (χ1v) is 11.6. The van der Waals surface area contributed by atoms with E-state index in [0.717, 1.165) is 44.5 Å². The zero-order valence-corrected chi connectivity index (χ0v) is 19.3. The molecule has 0 fully saturated rings. The van der Waals surface area contributed by atoms with Crippen LogP contribution in [0.2, 0.25) is 0 Å². The molecule has 0 saturated heterocycles. The van der Waals surface area contributed by atoms with Crippen molar-refractivity contribution < 1.29 is 4.92 Å². The molecule has 0 N–H and O–H groups in total. The van der Waals surface area contributed by atoms with Gasteiger partial charge in [0.25, 0.3) is 5.69 Å². The van der Waals surface area contributed by atoms with Crippen molar-refractivity contribution in [2.24, 2.45) is 0 Å². The van der Waals surface area contributed by atoms with Crippen LogP contribution in [-0.4, -0.2) is 9.49 Å². The molecule has 0 radical (unpaired) electrons. The van der Waals surface area contributed by atoms with E-state index in [4.69, 9.17) is 0 Å². The summed E-state index contributed by atoms with van der Waals surface area (Å²) in [5.74, 6) is 0. The minimum absolute atomic E-state index is 0.0896. The Morgan fingerprint density at radius 3 is 2.19 bits per heavy atom. The number of hydrogen-bond donors (Lipinski definition) is 0. The maximum absolute atomic E-state index is 11.8. The van der Waals surface area contributed by atoms with Crippen molar-refractivity contribution in [3.63, 3.8) is 0 Å². The Bertz CT molecular complexity index is 1760. The number of nitro benzene ring substituents is 1. The molecule has 6 rings (SSSR count). The molecule has 0 unspecified atom stereocenters. The molecule has 0 amide bonds. The summed E-state index contributed by atoms with van der Waals surface area (Å²) in [5.41, 5.74) is 13.8. The number of rotatable bonds is 5. The van der Waals surface area contributed by atoms with Crippen molar-refractivity contribution in [3.8, 4) is 28.1 Å². The second kappa shape index (κ2) is 8.90. The van der Waals surface area contributed by atoms with E-state index in [1.54, 1.807) is 18.2 Å². The summed E-state index contributed by atoms with van der Waals surface area (Å²) >= 11 is 0. The molecule has 1 aliphatic carbocycles. The Hall–Kier alpha value is -5.14. The van der Waals surface area contributed by atoms with Gasteiger partial charge in [-0.2, -0.15) is 0 Å². The van der Waals surface area contributed by atoms with E-state index in [1.807, 2.05) is 66.8 Å². The summed E-state index contributed by atoms with van der Waals surface area (Å²) in [6.45, 7) is 0. The summed E-state index contributed by atoms with van der Waals surface area (Å²) in [4.78, 5) is 11.4. The number of fused-ring (bicyclic) bond motifs is 1. The van der Waals surface area contributed by atoms with Crippen LogP contribution in [0, 0.1) is 10.1 Å². The summed E-state index contributed by atoms with van der Waals surface area (Å²) in [6.07, 6.45) is 5.83. The van der Waals surface area contributed by atoms with E-state index in [-0.39, 0.29) is 10.6 Å². The van der Waals surface area contributed by atoms with Gasteiger partial charge in [-0.3, -0.25) is 10.1 Å². The highest BCUT2D eigenvalue weighted by atomic mass is 16.6. The Morgan fingerprint density at radius 2 is 1.47 bits per heavy atom. The third-order valence-electron chi connectivity index (χ3n) is 6.39. The van der Waals surface area contributed by atoms with E-state index >= 15 is 0 Å². The van der Waals surface area contributed by atoms with Gasteiger partial charge in [-0.05, 0) is 65.3 Å². The van der Waals surface area contributed by atoms with Gasteiger partial charge in [0.2, 0.25) is 0 Å². The summed E-state index contributed by atoms with van der Waals surface area (Å²) < 4.78 is 2.26. The quantitative estimate of drug-likeness (QED) is 0.150. The average Bonchev–Trinajstić information content (AvgIpc) is 3.29. The predicted molar refractivity (Wildman–Crippen MR) is 145 cm³/mol. The standard InChI is InChI=1S/C32H20N2O2/c35-34(36)30-19-11-10-18-27(30)25-20-21-29-28(22-25)31(23-12-4-1-5-13-23)32(24-14-6-2-7-15-24)33(29)26-16-8-3-9-17-26/h2-4,6-22H. The van der Waals surface area contributed by atoms with Crippen molar-refractivity contribution in [2.75, 3.05) is 0 Å². The maximum atomic E-state index is 11.8. The van der Waals surface area contributed by atoms with Gasteiger partial charge < -0.3 is 4.57 Å². The molecule has 0 aliphatic heterocycles. The van der Waals surface area contributed by atoms with Gasteiger partial charge in [0, 0.05) is 22.7 Å². The molecule has 36 heavy (non-hydrogen) atoms. The highest BCUT2D eigenvalue weighted by Gasteiger charge is 2.23. The lowest BCUT2D eigenvalue weighted by molar-refractivity contribution is -0.384. The number of allylic oxidation sites excluding steroid dienone is 4. The highest BCUT2D eigenvalue weighted by Crippen LogP contribution is 2.43. The fourth-order valence-electron chi connectivity index (χ4n) is 4.85. The lowest BCUT2D eigenvalue weighted by Gasteiger charge is -2.13. The maximum Gasteiger partial charge on any atom is 0.277 e. The molecular formula is C32H20N2O2. The summed E-state index contributed by atoms with van der Waals surface area (Å²) in [6, 6.07) is 33.5. The highest BCUT2D eigenvalue weighted by molar-refractivity contribution is 6.05. The Balaban J connectivity index is 1.74. The number of nitro groups is 1. The monoisotopic (exact) mass is 464 g/mol. The summed E-state index contributed by atoms with van der Waals surface area (Å²) in [7, 11) is 0. The van der Waals surface area contributed by atoms with Crippen molar-refractivity contribution in [1.29, 1.82) is 0 Å². The number of para-hydroxylation sites is 2. The number of hydrogen-bond acceptors (Lipinski definition) is 2. The zero-order chi connectivity index (χ0) is 24.5. The van der Waals surface area contributed by atoms with E-state index < -0.39 is 0 Å². The second-order valence-corrected chi connectivity index (χ2v) is 8.49. The average molecular weight is 465 g/mol. The Kier molecular flexibility index (Phi) is 5.29. The number of nitrogens with zero attached hydrogens (tertiary/aromatic N) is 2. The van der Waals surface area contributed by atoms with Crippen LogP contribution >= 0.6 is 0 Å². The molecule has 4 aromatic carbocycles. The van der Waals surface area contributed by atoms with E-state index in [0.29, 0.717) is 5.56 Å². The van der Waals surface area contributed by atoms with Crippen LogP contribution in [0.5, 0.6) is 0 Å². The van der Waals surface area contributed by atoms with Gasteiger partial charge in [0.05, 0.1) is 21.7 Å². The fraction of sp³-hybridized carbons (Fsp3) is 0. The van der Waals surface area contributed by atoms with Gasteiger partial charge in [-0.1, -0.05) is 78.2 Å². The SMILES string of the molecule is O=[N+]([O-])c1ccccc1-c1ccc2c(c1)c(C1=CC=C=C=C1)c(-c1ccccc1)n2-c1ccccc1. The van der Waals surface area contributed by atoms with Crippen LogP contribution < -0.4 is 0 Å². The number of benzene rings is 4. The van der Waals surface area contributed by atoms with Crippen LogP contribution in [0.15, 0.2) is 133 Å². The molecule has 1 heterocycles. The second-order valence-electron chi connectivity index (χ2n) is 8.49. The van der Waals surface area contributed by atoms with Crippen molar-refractivity contribution >= 4 is 22.2 Å². The van der Waals surface area contributed by atoms with Gasteiger partial charge in [0.15, 0.2) is 0 Å². The van der Waals surface area contributed by atoms with Crippen LogP contribution in [-0.2, 0) is 0 Å². The molecule has 0 bridgehead atoms. The van der Waals surface area contributed by atoms with Crippen LogP contribution in [0.3, 0.4) is 0 Å². The minimum atomic E-state index is -0.326. The minimum Gasteiger partial charge on any atom is -0.309 e. The van der Waals surface area contributed by atoms with Gasteiger partial charge >= 0.3 is 0 Å². The molecule has 170 valence electrons. The first-order chi connectivity index (χ1) is 17.7. The van der Waals surface area contributed by atoms with E-state index in [2.05, 4.69) is 52.4 Å². The molecule has 4 heteroatoms. The first kappa shape index (κ1) is 21.4. The Labute approximate surface area is 208 Å².